The number of hydrogen-bond donors (Lipinski definition) is 1. The fourth-order valence-electron chi connectivity index (χ4n) is 2.47. The molecule has 0 atom stereocenters. The second kappa shape index (κ2) is 6.13. The molecule has 1 aliphatic rings. The van der Waals surface area contributed by atoms with E-state index in [-0.39, 0.29) is 11.8 Å². The summed E-state index contributed by atoms with van der Waals surface area (Å²) in [4.78, 5) is 32.0. The smallest absolute Gasteiger partial charge is 0.270 e. The van der Waals surface area contributed by atoms with Gasteiger partial charge in [0, 0.05) is 37.3 Å². The molecule has 21 heavy (non-hydrogen) atoms. The molecular formula is C15H17N3O2S. The summed E-state index contributed by atoms with van der Waals surface area (Å²) in [6.07, 6.45) is 2.20. The van der Waals surface area contributed by atoms with Crippen molar-refractivity contribution in [1.29, 1.82) is 0 Å². The summed E-state index contributed by atoms with van der Waals surface area (Å²) in [5, 5.41) is 1.98. The topological polar surface area (TPSA) is 56.4 Å². The molecule has 1 saturated heterocycles. The van der Waals surface area contributed by atoms with Gasteiger partial charge in [-0.3, -0.25) is 9.59 Å². The van der Waals surface area contributed by atoms with Crippen molar-refractivity contribution in [3.8, 4) is 0 Å². The van der Waals surface area contributed by atoms with Crippen molar-refractivity contribution in [3.05, 3.63) is 46.4 Å². The van der Waals surface area contributed by atoms with Crippen LogP contribution in [-0.4, -0.2) is 52.8 Å². The van der Waals surface area contributed by atoms with Crippen LogP contribution < -0.4 is 0 Å². The molecule has 0 saturated carbocycles. The molecule has 1 N–H and O–H groups in total. The number of carbonyl (C=O) groups is 2. The number of H-pyrrole nitrogens is 1. The fraction of sp³-hybridized carbons (Fsp3) is 0.333. The standard InChI is InChI=1S/C15H17N3O2S/c19-14(11-12-3-2-10-21-12)17-6-8-18(9-7-17)15(20)13-4-1-5-16-13/h1-5,10,16H,6-9,11H2. The summed E-state index contributed by atoms with van der Waals surface area (Å²) in [5.74, 6) is 0.148. The number of rotatable bonds is 3. The molecule has 1 aliphatic heterocycles. The first-order valence-electron chi connectivity index (χ1n) is 6.97. The summed E-state index contributed by atoms with van der Waals surface area (Å²) in [5.41, 5.74) is 0.605. The highest BCUT2D eigenvalue weighted by Crippen LogP contribution is 2.13. The van der Waals surface area contributed by atoms with Gasteiger partial charge in [0.2, 0.25) is 5.91 Å². The lowest BCUT2D eigenvalue weighted by Gasteiger charge is -2.34. The number of carbonyl (C=O) groups excluding carboxylic acids is 2. The maximum atomic E-state index is 12.2. The van der Waals surface area contributed by atoms with Crippen molar-refractivity contribution in [2.75, 3.05) is 26.2 Å². The van der Waals surface area contributed by atoms with Gasteiger partial charge in [0.05, 0.1) is 6.42 Å². The van der Waals surface area contributed by atoms with Crippen LogP contribution in [0.15, 0.2) is 35.8 Å². The Balaban J connectivity index is 1.53. The normalized spacial score (nSPS) is 15.2. The van der Waals surface area contributed by atoms with Gasteiger partial charge in [0.25, 0.3) is 5.91 Å². The lowest BCUT2D eigenvalue weighted by Crippen LogP contribution is -2.51. The zero-order chi connectivity index (χ0) is 14.7. The fourth-order valence-corrected chi connectivity index (χ4v) is 3.16. The summed E-state index contributed by atoms with van der Waals surface area (Å²) < 4.78 is 0. The Bertz CT molecular complexity index is 599. The van der Waals surface area contributed by atoms with Crippen LogP contribution in [0.5, 0.6) is 0 Å². The summed E-state index contributed by atoms with van der Waals surface area (Å²) in [7, 11) is 0. The van der Waals surface area contributed by atoms with Crippen molar-refractivity contribution >= 4 is 23.2 Å². The average Bonchev–Trinajstić information content (AvgIpc) is 3.20. The Morgan fingerprint density at radius 3 is 2.48 bits per heavy atom. The zero-order valence-corrected chi connectivity index (χ0v) is 12.4. The maximum absolute atomic E-state index is 12.2. The van der Waals surface area contributed by atoms with E-state index in [1.807, 2.05) is 28.5 Å². The second-order valence-electron chi connectivity index (χ2n) is 5.01. The van der Waals surface area contributed by atoms with E-state index in [0.29, 0.717) is 38.3 Å². The van der Waals surface area contributed by atoms with E-state index >= 15 is 0 Å². The quantitative estimate of drug-likeness (QED) is 0.936. The Morgan fingerprint density at radius 2 is 1.86 bits per heavy atom. The van der Waals surface area contributed by atoms with Crippen LogP contribution in [0, 0.1) is 0 Å². The first-order valence-corrected chi connectivity index (χ1v) is 7.85. The van der Waals surface area contributed by atoms with Crippen LogP contribution >= 0.6 is 11.3 Å². The molecule has 0 bridgehead atoms. The molecule has 0 aromatic carbocycles. The van der Waals surface area contributed by atoms with Crippen molar-refractivity contribution in [2.24, 2.45) is 0 Å². The van der Waals surface area contributed by atoms with Gasteiger partial charge in [0.15, 0.2) is 0 Å². The number of thiophene rings is 1. The van der Waals surface area contributed by atoms with Crippen LogP contribution in [0.1, 0.15) is 15.4 Å². The van der Waals surface area contributed by atoms with Gasteiger partial charge in [0.1, 0.15) is 5.69 Å². The average molecular weight is 303 g/mol. The molecule has 3 rings (SSSR count). The van der Waals surface area contributed by atoms with E-state index in [1.54, 1.807) is 28.5 Å². The lowest BCUT2D eigenvalue weighted by molar-refractivity contribution is -0.131. The first-order chi connectivity index (χ1) is 10.2. The molecule has 0 aliphatic carbocycles. The SMILES string of the molecule is O=C(Cc1cccs1)N1CCN(C(=O)c2ccc[nH]2)CC1. The van der Waals surface area contributed by atoms with E-state index < -0.39 is 0 Å². The monoisotopic (exact) mass is 303 g/mol. The maximum Gasteiger partial charge on any atom is 0.270 e. The third kappa shape index (κ3) is 3.16. The molecule has 3 heterocycles. The number of hydrogen-bond acceptors (Lipinski definition) is 3. The predicted molar refractivity (Wildman–Crippen MR) is 81.3 cm³/mol. The predicted octanol–water partition coefficient (Wildman–Crippen LogP) is 1.60. The first kappa shape index (κ1) is 13.9. The highest BCUT2D eigenvalue weighted by Gasteiger charge is 2.25. The Kier molecular flexibility index (Phi) is 4.06. The van der Waals surface area contributed by atoms with E-state index in [4.69, 9.17) is 0 Å². The zero-order valence-electron chi connectivity index (χ0n) is 11.6. The highest BCUT2D eigenvalue weighted by molar-refractivity contribution is 7.10. The minimum atomic E-state index is 0.00496. The molecule has 0 spiro atoms. The van der Waals surface area contributed by atoms with E-state index in [2.05, 4.69) is 4.98 Å². The molecule has 6 heteroatoms. The van der Waals surface area contributed by atoms with Crippen molar-refractivity contribution < 1.29 is 9.59 Å². The minimum absolute atomic E-state index is 0.00496. The van der Waals surface area contributed by atoms with Gasteiger partial charge in [-0.25, -0.2) is 0 Å². The van der Waals surface area contributed by atoms with Crippen LogP contribution in [-0.2, 0) is 11.2 Å². The molecule has 5 nitrogen and oxygen atoms in total. The number of aromatic nitrogens is 1. The van der Waals surface area contributed by atoms with Crippen LogP contribution in [0.25, 0.3) is 0 Å². The molecular weight excluding hydrogens is 286 g/mol. The van der Waals surface area contributed by atoms with E-state index in [0.717, 1.165) is 4.88 Å². The third-order valence-corrected chi connectivity index (χ3v) is 4.53. The van der Waals surface area contributed by atoms with Crippen LogP contribution in [0.3, 0.4) is 0 Å². The molecule has 110 valence electrons. The molecule has 2 aromatic heterocycles. The number of amides is 2. The lowest BCUT2D eigenvalue weighted by atomic mass is 10.2. The molecule has 2 aromatic rings. The van der Waals surface area contributed by atoms with Crippen molar-refractivity contribution in [3.63, 3.8) is 0 Å². The number of nitrogens with one attached hydrogen (secondary N) is 1. The molecule has 0 radical (unpaired) electrons. The highest BCUT2D eigenvalue weighted by atomic mass is 32.1. The second-order valence-corrected chi connectivity index (χ2v) is 6.05. The number of nitrogens with zero attached hydrogens (tertiary/aromatic N) is 2. The summed E-state index contributed by atoms with van der Waals surface area (Å²) in [6.45, 7) is 2.40. The summed E-state index contributed by atoms with van der Waals surface area (Å²) >= 11 is 1.60. The Morgan fingerprint density at radius 1 is 1.10 bits per heavy atom. The van der Waals surface area contributed by atoms with Gasteiger partial charge in [-0.1, -0.05) is 6.07 Å². The molecule has 2 amide bonds. The largest absolute Gasteiger partial charge is 0.357 e. The molecule has 0 unspecified atom stereocenters. The number of piperazine rings is 1. The summed E-state index contributed by atoms with van der Waals surface area (Å²) in [6, 6.07) is 7.53. The Labute approximate surface area is 127 Å². The van der Waals surface area contributed by atoms with Gasteiger partial charge < -0.3 is 14.8 Å². The van der Waals surface area contributed by atoms with Crippen molar-refractivity contribution in [1.82, 2.24) is 14.8 Å². The van der Waals surface area contributed by atoms with Gasteiger partial charge in [-0.05, 0) is 23.6 Å². The van der Waals surface area contributed by atoms with E-state index in [9.17, 15) is 9.59 Å². The minimum Gasteiger partial charge on any atom is -0.357 e. The van der Waals surface area contributed by atoms with Gasteiger partial charge in [-0.2, -0.15) is 0 Å². The van der Waals surface area contributed by atoms with Crippen LogP contribution in [0.4, 0.5) is 0 Å². The van der Waals surface area contributed by atoms with Gasteiger partial charge in [-0.15, -0.1) is 11.3 Å². The van der Waals surface area contributed by atoms with Crippen molar-refractivity contribution in [2.45, 2.75) is 6.42 Å². The number of aromatic amines is 1. The van der Waals surface area contributed by atoms with Crippen LogP contribution in [0.2, 0.25) is 0 Å². The van der Waals surface area contributed by atoms with Gasteiger partial charge >= 0.3 is 0 Å². The third-order valence-electron chi connectivity index (χ3n) is 3.65. The Hall–Kier alpha value is -2.08. The molecule has 1 fully saturated rings. The van der Waals surface area contributed by atoms with E-state index in [1.165, 1.54) is 0 Å².